The van der Waals surface area contributed by atoms with Crippen LogP contribution in [0.4, 0.5) is 5.69 Å². The number of esters is 1. The fraction of sp³-hybridized carbons (Fsp3) is 0.267. The average molecular weight is 562 g/mol. The van der Waals surface area contributed by atoms with Gasteiger partial charge in [-0.05, 0) is 62.2 Å². The zero-order valence-corrected chi connectivity index (χ0v) is 23.7. The first-order valence-electron chi connectivity index (χ1n) is 12.8. The maximum absolute atomic E-state index is 13.8. The summed E-state index contributed by atoms with van der Waals surface area (Å²) >= 11 is 1.23. The molecule has 1 atom stereocenters. The van der Waals surface area contributed by atoms with Crippen LogP contribution in [0.5, 0.6) is 11.5 Å². The lowest BCUT2D eigenvalue weighted by molar-refractivity contribution is -0.139. The first kappa shape index (κ1) is 28.6. The highest BCUT2D eigenvalue weighted by Crippen LogP contribution is 2.36. The van der Waals surface area contributed by atoms with Gasteiger partial charge in [0, 0.05) is 12.6 Å². The summed E-state index contributed by atoms with van der Waals surface area (Å²) in [6.07, 6.45) is 3.40. The van der Waals surface area contributed by atoms with Crippen molar-refractivity contribution in [1.29, 1.82) is 0 Å². The minimum absolute atomic E-state index is 0.165. The summed E-state index contributed by atoms with van der Waals surface area (Å²) < 4.78 is 18.9. The van der Waals surface area contributed by atoms with Crippen molar-refractivity contribution in [2.24, 2.45) is 4.99 Å². The number of carbonyl (C=O) groups excluding carboxylic acids is 2. The maximum atomic E-state index is 13.8. The molecule has 0 radical (unpaired) electrons. The third kappa shape index (κ3) is 6.07. The molecule has 208 valence electrons. The summed E-state index contributed by atoms with van der Waals surface area (Å²) in [4.78, 5) is 43.4. The van der Waals surface area contributed by atoms with Crippen LogP contribution in [0.15, 0.2) is 76.2 Å². The number of carbonyl (C=O) groups is 2. The lowest BCUT2D eigenvalue weighted by Gasteiger charge is -2.25. The molecule has 0 saturated heterocycles. The smallest absolute Gasteiger partial charge is 0.338 e. The van der Waals surface area contributed by atoms with Crippen molar-refractivity contribution in [2.75, 3.05) is 25.1 Å². The van der Waals surface area contributed by atoms with Crippen LogP contribution in [-0.4, -0.2) is 36.3 Å². The molecule has 0 fully saturated rings. The predicted octanol–water partition coefficient (Wildman–Crippen LogP) is 3.72. The van der Waals surface area contributed by atoms with Gasteiger partial charge in [-0.2, -0.15) is 0 Å². The predicted molar refractivity (Wildman–Crippen MR) is 154 cm³/mol. The number of rotatable bonds is 10. The largest absolute Gasteiger partial charge is 0.490 e. The number of thiazole rings is 1. The molecule has 0 bridgehead atoms. The van der Waals surface area contributed by atoms with Gasteiger partial charge < -0.3 is 19.5 Å². The number of ether oxygens (including phenoxy) is 3. The highest BCUT2D eigenvalue weighted by molar-refractivity contribution is 7.07. The quantitative estimate of drug-likeness (QED) is 0.299. The molecule has 3 aromatic rings. The SMILES string of the molecule is C=CCOc1ccc([C@H]2C(C(=O)OCC)=C(C)N=c3sc(=Cc4ccc(NC(C)=O)cc4)c(=O)n32)cc1OCC. The van der Waals surface area contributed by atoms with Gasteiger partial charge in [0.05, 0.1) is 35.1 Å². The Morgan fingerprint density at radius 2 is 1.85 bits per heavy atom. The number of nitrogens with one attached hydrogen (secondary N) is 1. The highest BCUT2D eigenvalue weighted by atomic mass is 32.1. The number of anilines is 1. The molecule has 0 unspecified atom stereocenters. The van der Waals surface area contributed by atoms with Gasteiger partial charge in [0.25, 0.3) is 5.56 Å². The molecule has 1 aliphatic heterocycles. The first-order valence-corrected chi connectivity index (χ1v) is 13.7. The van der Waals surface area contributed by atoms with Crippen molar-refractivity contribution in [2.45, 2.75) is 33.7 Å². The monoisotopic (exact) mass is 561 g/mol. The van der Waals surface area contributed by atoms with E-state index in [0.29, 0.717) is 51.0 Å². The molecule has 1 aromatic heterocycles. The Hall–Kier alpha value is -4.44. The van der Waals surface area contributed by atoms with Crippen molar-refractivity contribution in [3.05, 3.63) is 97.2 Å². The second-order valence-electron chi connectivity index (χ2n) is 8.84. The van der Waals surface area contributed by atoms with E-state index in [4.69, 9.17) is 14.2 Å². The lowest BCUT2D eigenvalue weighted by atomic mass is 9.95. The van der Waals surface area contributed by atoms with Crippen LogP contribution in [0.3, 0.4) is 0 Å². The zero-order valence-electron chi connectivity index (χ0n) is 22.9. The Bertz CT molecular complexity index is 1650. The van der Waals surface area contributed by atoms with E-state index in [1.54, 1.807) is 56.3 Å². The van der Waals surface area contributed by atoms with Crippen molar-refractivity contribution in [3.63, 3.8) is 0 Å². The molecule has 1 amide bonds. The fourth-order valence-corrected chi connectivity index (χ4v) is 5.40. The molecule has 40 heavy (non-hydrogen) atoms. The third-order valence-corrected chi connectivity index (χ3v) is 6.97. The molecular weight excluding hydrogens is 530 g/mol. The third-order valence-electron chi connectivity index (χ3n) is 5.99. The summed E-state index contributed by atoms with van der Waals surface area (Å²) in [5.41, 5.74) is 2.55. The molecular formula is C30H31N3O6S. The number of allylic oxidation sites excluding steroid dienone is 1. The Labute approximate surface area is 235 Å². The molecule has 10 heteroatoms. The number of benzene rings is 2. The summed E-state index contributed by atoms with van der Waals surface area (Å²) in [7, 11) is 0. The Morgan fingerprint density at radius 1 is 1.10 bits per heavy atom. The van der Waals surface area contributed by atoms with Gasteiger partial charge in [0.15, 0.2) is 16.3 Å². The first-order chi connectivity index (χ1) is 19.3. The second kappa shape index (κ2) is 12.6. The summed E-state index contributed by atoms with van der Waals surface area (Å²) in [6.45, 7) is 11.3. The van der Waals surface area contributed by atoms with Crippen molar-refractivity contribution >= 4 is 35.0 Å². The zero-order chi connectivity index (χ0) is 28.8. The molecule has 9 nitrogen and oxygen atoms in total. The molecule has 1 aliphatic rings. The maximum Gasteiger partial charge on any atom is 0.338 e. The van der Waals surface area contributed by atoms with Crippen molar-refractivity contribution in [3.8, 4) is 11.5 Å². The number of aromatic nitrogens is 1. The number of nitrogens with zero attached hydrogens (tertiary/aromatic N) is 2. The van der Waals surface area contributed by atoms with Crippen LogP contribution in [-0.2, 0) is 14.3 Å². The van der Waals surface area contributed by atoms with E-state index < -0.39 is 12.0 Å². The van der Waals surface area contributed by atoms with E-state index in [2.05, 4.69) is 16.9 Å². The lowest BCUT2D eigenvalue weighted by Crippen LogP contribution is -2.40. The molecule has 2 heterocycles. The number of amides is 1. The average Bonchev–Trinajstić information content (AvgIpc) is 3.22. The minimum atomic E-state index is -0.785. The van der Waals surface area contributed by atoms with Gasteiger partial charge in [0.1, 0.15) is 6.61 Å². The van der Waals surface area contributed by atoms with Crippen LogP contribution in [0.25, 0.3) is 6.08 Å². The Balaban J connectivity index is 1.88. The van der Waals surface area contributed by atoms with Gasteiger partial charge >= 0.3 is 5.97 Å². The number of hydrogen-bond acceptors (Lipinski definition) is 8. The van der Waals surface area contributed by atoms with Crippen LogP contribution >= 0.6 is 11.3 Å². The minimum Gasteiger partial charge on any atom is -0.490 e. The van der Waals surface area contributed by atoms with E-state index in [-0.39, 0.29) is 23.6 Å². The van der Waals surface area contributed by atoms with Crippen LogP contribution in [0, 0.1) is 0 Å². The summed E-state index contributed by atoms with van der Waals surface area (Å²) in [6, 6.07) is 11.7. The van der Waals surface area contributed by atoms with E-state index in [0.717, 1.165) is 5.56 Å². The Morgan fingerprint density at radius 3 is 2.50 bits per heavy atom. The molecule has 0 saturated carbocycles. The van der Waals surface area contributed by atoms with Gasteiger partial charge in [0.2, 0.25) is 5.91 Å². The Kier molecular flexibility index (Phi) is 9.00. The standard InChI is InChI=1S/C30H31N3O6S/c1-6-15-39-23-14-11-21(17-24(23)37-7-2)27-26(29(36)38-8-3)18(4)31-30-33(27)28(35)25(40-30)16-20-9-12-22(13-10-20)32-19(5)34/h6,9-14,16-17,27H,1,7-8,15H2,2-5H3,(H,32,34)/t27-/m0/s1. The molecule has 1 N–H and O–H groups in total. The van der Waals surface area contributed by atoms with Gasteiger partial charge in [-0.15, -0.1) is 0 Å². The van der Waals surface area contributed by atoms with Gasteiger partial charge in [-0.3, -0.25) is 14.2 Å². The normalized spacial score (nSPS) is 14.7. The van der Waals surface area contributed by atoms with E-state index in [1.165, 1.54) is 22.8 Å². The van der Waals surface area contributed by atoms with Crippen LogP contribution < -0.4 is 29.7 Å². The van der Waals surface area contributed by atoms with Crippen molar-refractivity contribution in [1.82, 2.24) is 4.57 Å². The van der Waals surface area contributed by atoms with Crippen LogP contribution in [0.2, 0.25) is 0 Å². The van der Waals surface area contributed by atoms with E-state index in [1.807, 2.05) is 19.1 Å². The number of hydrogen-bond donors (Lipinski definition) is 1. The summed E-state index contributed by atoms with van der Waals surface area (Å²) in [5, 5.41) is 2.73. The fourth-order valence-electron chi connectivity index (χ4n) is 4.36. The van der Waals surface area contributed by atoms with Gasteiger partial charge in [-0.25, -0.2) is 9.79 Å². The molecule has 4 rings (SSSR count). The molecule has 0 spiro atoms. The van der Waals surface area contributed by atoms with Crippen molar-refractivity contribution < 1.29 is 23.8 Å². The highest BCUT2D eigenvalue weighted by Gasteiger charge is 2.34. The molecule has 0 aliphatic carbocycles. The number of fused-ring (bicyclic) bond motifs is 1. The molecule has 2 aromatic carbocycles. The van der Waals surface area contributed by atoms with Gasteiger partial charge in [-0.1, -0.05) is 42.2 Å². The summed E-state index contributed by atoms with van der Waals surface area (Å²) in [5.74, 6) is 0.309. The second-order valence-corrected chi connectivity index (χ2v) is 9.85. The topological polar surface area (TPSA) is 108 Å². The van der Waals surface area contributed by atoms with Crippen LogP contribution in [0.1, 0.15) is 44.9 Å². The van der Waals surface area contributed by atoms with E-state index in [9.17, 15) is 14.4 Å². The van der Waals surface area contributed by atoms with E-state index >= 15 is 0 Å².